The first-order valence-electron chi connectivity index (χ1n) is 7.77. The van der Waals surface area contributed by atoms with Crippen LogP contribution in [0.5, 0.6) is 0 Å². The number of nitrogens with zero attached hydrogens (tertiary/aromatic N) is 1. The number of hydrogen-bond acceptors (Lipinski definition) is 3. The zero-order valence-corrected chi connectivity index (χ0v) is 14.4. The molecule has 0 aliphatic carbocycles. The van der Waals surface area contributed by atoms with Gasteiger partial charge in [-0.2, -0.15) is 13.2 Å². The number of fused-ring (bicyclic) bond motifs is 1. The van der Waals surface area contributed by atoms with Gasteiger partial charge in [0.25, 0.3) is 5.91 Å². The Bertz CT molecular complexity index is 987. The van der Waals surface area contributed by atoms with Gasteiger partial charge in [-0.15, -0.1) is 0 Å². The summed E-state index contributed by atoms with van der Waals surface area (Å²) in [6.45, 7) is 0.361. The summed E-state index contributed by atoms with van der Waals surface area (Å²) >= 11 is 5.78. The number of alkyl halides is 3. The van der Waals surface area contributed by atoms with Crippen molar-refractivity contribution in [2.45, 2.75) is 6.18 Å². The second-order valence-electron chi connectivity index (χ2n) is 5.65. The molecule has 3 N–H and O–H groups in total. The van der Waals surface area contributed by atoms with Crippen LogP contribution in [-0.4, -0.2) is 29.0 Å². The van der Waals surface area contributed by atoms with E-state index < -0.39 is 23.5 Å². The highest BCUT2D eigenvalue weighted by atomic mass is 35.5. The van der Waals surface area contributed by atoms with E-state index in [0.717, 1.165) is 6.07 Å². The van der Waals surface area contributed by atoms with Gasteiger partial charge in [0, 0.05) is 30.2 Å². The highest BCUT2D eigenvalue weighted by Crippen LogP contribution is 2.32. The summed E-state index contributed by atoms with van der Waals surface area (Å²) in [5.74, 6) is -0.724. The third-order valence-corrected chi connectivity index (χ3v) is 3.99. The number of carbonyl (C=O) groups excluding carboxylic acids is 1. The number of amides is 1. The molecule has 0 spiro atoms. The van der Waals surface area contributed by atoms with E-state index in [0.29, 0.717) is 17.1 Å². The van der Waals surface area contributed by atoms with Gasteiger partial charge in [0.2, 0.25) is 0 Å². The number of halogens is 5. The Kier molecular flexibility index (Phi) is 5.22. The summed E-state index contributed by atoms with van der Waals surface area (Å²) in [6.07, 6.45) is -3.85. The van der Waals surface area contributed by atoms with Crippen molar-refractivity contribution in [3.8, 4) is 0 Å². The summed E-state index contributed by atoms with van der Waals surface area (Å²) in [7, 11) is 0. The second-order valence-corrected chi connectivity index (χ2v) is 6.06. The van der Waals surface area contributed by atoms with E-state index in [1.165, 1.54) is 24.3 Å². The molecule has 2 heterocycles. The van der Waals surface area contributed by atoms with Gasteiger partial charge in [-0.05, 0) is 30.3 Å². The number of nitrogens with one attached hydrogen (secondary N) is 3. The second kappa shape index (κ2) is 7.43. The summed E-state index contributed by atoms with van der Waals surface area (Å²) in [5, 5.41) is 5.77. The average Bonchev–Trinajstić information content (AvgIpc) is 3.02. The van der Waals surface area contributed by atoms with Crippen molar-refractivity contribution >= 4 is 34.2 Å². The number of aromatic amines is 1. The van der Waals surface area contributed by atoms with Crippen LogP contribution in [0.1, 0.15) is 16.1 Å². The molecule has 0 aliphatic heterocycles. The minimum atomic E-state index is -4.52. The predicted molar refractivity (Wildman–Crippen MR) is 93.3 cm³/mol. The monoisotopic (exact) mass is 400 g/mol. The topological polar surface area (TPSA) is 69.8 Å². The maximum atomic E-state index is 13.2. The lowest BCUT2D eigenvalue weighted by Crippen LogP contribution is -2.29. The van der Waals surface area contributed by atoms with E-state index in [4.69, 9.17) is 11.6 Å². The number of H-pyrrole nitrogens is 1. The average molecular weight is 401 g/mol. The molecule has 0 atom stereocenters. The number of hydrogen-bond donors (Lipinski definition) is 3. The molecule has 0 unspecified atom stereocenters. The number of rotatable bonds is 5. The SMILES string of the molecule is O=C(NCCNc1ncc(C(F)(F)F)cc1Cl)c1cc2cc(F)ccc2[nH]1. The minimum absolute atomic E-state index is 0.0833. The molecule has 5 nitrogen and oxygen atoms in total. The first-order valence-corrected chi connectivity index (χ1v) is 8.15. The van der Waals surface area contributed by atoms with Gasteiger partial charge in [0.15, 0.2) is 0 Å². The molecule has 27 heavy (non-hydrogen) atoms. The minimum Gasteiger partial charge on any atom is -0.367 e. The Hall–Kier alpha value is -2.81. The van der Waals surface area contributed by atoms with E-state index in [9.17, 15) is 22.4 Å². The molecule has 142 valence electrons. The molecule has 1 amide bonds. The van der Waals surface area contributed by atoms with Crippen LogP contribution >= 0.6 is 11.6 Å². The number of aromatic nitrogens is 2. The lowest BCUT2D eigenvalue weighted by Gasteiger charge is -2.11. The Labute approximate surface area is 155 Å². The molecule has 0 radical (unpaired) electrons. The van der Waals surface area contributed by atoms with Crippen molar-refractivity contribution in [2.24, 2.45) is 0 Å². The standard InChI is InChI=1S/C17H13ClF4N4O/c18-12-7-10(17(20,21)22)8-25-15(12)23-3-4-24-16(27)14-6-9-5-11(19)1-2-13(9)26-14/h1-2,5-8,26H,3-4H2,(H,23,25)(H,24,27). The Balaban J connectivity index is 1.54. The van der Waals surface area contributed by atoms with Gasteiger partial charge in [-0.25, -0.2) is 9.37 Å². The van der Waals surface area contributed by atoms with Crippen molar-refractivity contribution in [2.75, 3.05) is 18.4 Å². The van der Waals surface area contributed by atoms with Crippen LogP contribution in [0.15, 0.2) is 36.5 Å². The lowest BCUT2D eigenvalue weighted by atomic mass is 10.2. The first-order chi connectivity index (χ1) is 12.7. The number of benzene rings is 1. The smallest absolute Gasteiger partial charge is 0.367 e. The van der Waals surface area contributed by atoms with Gasteiger partial charge in [0.1, 0.15) is 17.3 Å². The van der Waals surface area contributed by atoms with Crippen molar-refractivity contribution in [3.63, 3.8) is 0 Å². The van der Waals surface area contributed by atoms with E-state index in [-0.39, 0.29) is 29.6 Å². The zero-order valence-electron chi connectivity index (χ0n) is 13.6. The van der Waals surface area contributed by atoms with Gasteiger partial charge in [-0.3, -0.25) is 4.79 Å². The van der Waals surface area contributed by atoms with Crippen LogP contribution in [0.2, 0.25) is 5.02 Å². The molecule has 0 aliphatic rings. The van der Waals surface area contributed by atoms with Crippen LogP contribution in [0.4, 0.5) is 23.4 Å². The molecule has 0 bridgehead atoms. The van der Waals surface area contributed by atoms with Gasteiger partial charge in [0.05, 0.1) is 10.6 Å². The summed E-state index contributed by atoms with van der Waals surface area (Å²) < 4.78 is 50.9. The summed E-state index contributed by atoms with van der Waals surface area (Å²) in [5.41, 5.74) is -0.0525. The van der Waals surface area contributed by atoms with Crippen LogP contribution in [0.3, 0.4) is 0 Å². The van der Waals surface area contributed by atoms with Crippen LogP contribution < -0.4 is 10.6 Å². The number of carbonyl (C=O) groups is 1. The Morgan fingerprint density at radius 2 is 1.96 bits per heavy atom. The summed E-state index contributed by atoms with van der Waals surface area (Å²) in [6, 6.07) is 6.42. The van der Waals surface area contributed by atoms with Gasteiger partial charge >= 0.3 is 6.18 Å². The lowest BCUT2D eigenvalue weighted by molar-refractivity contribution is -0.137. The molecule has 3 aromatic rings. The first kappa shape index (κ1) is 19.0. The molecule has 10 heteroatoms. The normalized spacial score (nSPS) is 11.6. The van der Waals surface area contributed by atoms with E-state index in [1.54, 1.807) is 0 Å². The van der Waals surface area contributed by atoms with Crippen molar-refractivity contribution in [3.05, 3.63) is 58.6 Å². The molecule has 2 aromatic heterocycles. The number of anilines is 1. The highest BCUT2D eigenvalue weighted by molar-refractivity contribution is 6.32. The van der Waals surface area contributed by atoms with Crippen LogP contribution in [-0.2, 0) is 6.18 Å². The van der Waals surface area contributed by atoms with Crippen molar-refractivity contribution in [1.29, 1.82) is 0 Å². The Morgan fingerprint density at radius 3 is 2.67 bits per heavy atom. The zero-order chi connectivity index (χ0) is 19.6. The third-order valence-electron chi connectivity index (χ3n) is 3.70. The predicted octanol–water partition coefficient (Wildman–Crippen LogP) is 4.22. The van der Waals surface area contributed by atoms with E-state index >= 15 is 0 Å². The van der Waals surface area contributed by atoms with Gasteiger partial charge in [-0.1, -0.05) is 11.6 Å². The Morgan fingerprint density at radius 1 is 1.19 bits per heavy atom. The van der Waals surface area contributed by atoms with Crippen LogP contribution in [0.25, 0.3) is 10.9 Å². The molecular weight excluding hydrogens is 388 g/mol. The van der Waals surface area contributed by atoms with E-state index in [1.807, 2.05) is 0 Å². The van der Waals surface area contributed by atoms with Crippen molar-refractivity contribution < 1.29 is 22.4 Å². The fourth-order valence-electron chi connectivity index (χ4n) is 2.40. The molecule has 0 saturated heterocycles. The highest BCUT2D eigenvalue weighted by Gasteiger charge is 2.31. The fraction of sp³-hybridized carbons (Fsp3) is 0.176. The van der Waals surface area contributed by atoms with Gasteiger partial charge < -0.3 is 15.6 Å². The van der Waals surface area contributed by atoms with Crippen LogP contribution in [0, 0.1) is 5.82 Å². The molecule has 0 saturated carbocycles. The molecular formula is C17H13ClF4N4O. The molecule has 0 fully saturated rings. The molecule has 1 aromatic carbocycles. The third kappa shape index (κ3) is 4.48. The number of pyridine rings is 1. The largest absolute Gasteiger partial charge is 0.417 e. The van der Waals surface area contributed by atoms with Crippen molar-refractivity contribution in [1.82, 2.24) is 15.3 Å². The maximum absolute atomic E-state index is 13.2. The maximum Gasteiger partial charge on any atom is 0.417 e. The van der Waals surface area contributed by atoms with E-state index in [2.05, 4.69) is 20.6 Å². The molecule has 3 rings (SSSR count). The quantitative estimate of drug-likeness (QED) is 0.444. The fourth-order valence-corrected chi connectivity index (χ4v) is 2.63. The summed E-state index contributed by atoms with van der Waals surface area (Å²) in [4.78, 5) is 18.6.